The summed E-state index contributed by atoms with van der Waals surface area (Å²) >= 11 is 0. The van der Waals surface area contributed by atoms with Crippen molar-refractivity contribution >= 4 is 10.9 Å². The van der Waals surface area contributed by atoms with Gasteiger partial charge in [0.15, 0.2) is 0 Å². The molecule has 0 aliphatic rings. The van der Waals surface area contributed by atoms with Crippen LogP contribution >= 0.6 is 0 Å². The van der Waals surface area contributed by atoms with E-state index in [0.29, 0.717) is 0 Å². The number of aromatic nitrogens is 1. The molecule has 0 spiro atoms. The second kappa shape index (κ2) is 5.65. The zero-order valence-electron chi connectivity index (χ0n) is 12.9. The number of rotatable bonds is 4. The van der Waals surface area contributed by atoms with Crippen molar-refractivity contribution in [3.63, 3.8) is 0 Å². The third-order valence-electron chi connectivity index (χ3n) is 4.03. The van der Waals surface area contributed by atoms with Crippen molar-refractivity contribution in [2.75, 3.05) is 7.11 Å². The van der Waals surface area contributed by atoms with Gasteiger partial charge in [-0.05, 0) is 36.4 Å². The molecule has 2 heteroatoms. The fraction of sp³-hybridized carbons (Fsp3) is 0.263. The lowest BCUT2D eigenvalue weighted by Crippen LogP contribution is -2.02. The molecule has 0 amide bonds. The van der Waals surface area contributed by atoms with Crippen LogP contribution in [0.4, 0.5) is 0 Å². The molecule has 0 N–H and O–H groups in total. The lowest BCUT2D eigenvalue weighted by molar-refractivity contribution is 0.408. The zero-order valence-corrected chi connectivity index (χ0v) is 12.9. The molecule has 2 nitrogen and oxygen atoms in total. The van der Waals surface area contributed by atoms with E-state index >= 15 is 0 Å². The van der Waals surface area contributed by atoms with Crippen molar-refractivity contribution in [2.45, 2.75) is 26.8 Å². The molecule has 21 heavy (non-hydrogen) atoms. The minimum Gasteiger partial charge on any atom is -0.496 e. The van der Waals surface area contributed by atoms with Gasteiger partial charge in [-0.25, -0.2) is 0 Å². The number of aryl methyl sites for hydroxylation is 2. The summed E-state index contributed by atoms with van der Waals surface area (Å²) in [7, 11) is 1.74. The first-order valence-electron chi connectivity index (χ1n) is 7.43. The van der Waals surface area contributed by atoms with Gasteiger partial charge in [0, 0.05) is 11.8 Å². The van der Waals surface area contributed by atoms with Crippen molar-refractivity contribution in [3.05, 3.63) is 65.4 Å². The van der Waals surface area contributed by atoms with Crippen LogP contribution in [0, 0.1) is 6.92 Å². The molecule has 2 aromatic carbocycles. The van der Waals surface area contributed by atoms with Crippen LogP contribution in [-0.4, -0.2) is 11.7 Å². The van der Waals surface area contributed by atoms with Gasteiger partial charge in [-0.1, -0.05) is 42.8 Å². The van der Waals surface area contributed by atoms with E-state index in [-0.39, 0.29) is 0 Å². The van der Waals surface area contributed by atoms with Crippen LogP contribution in [0.1, 0.15) is 23.6 Å². The summed E-state index contributed by atoms with van der Waals surface area (Å²) in [6.07, 6.45) is 3.22. The first kappa shape index (κ1) is 13.7. The lowest BCUT2D eigenvalue weighted by Gasteiger charge is -2.13. The van der Waals surface area contributed by atoms with Crippen LogP contribution in [0.2, 0.25) is 0 Å². The standard InChI is InChI=1S/C19H21NO/c1-4-15-6-5-7-16-10-11-20(19(15)16)13-17-12-14(2)8-9-18(17)21-3/h5-12H,4,13H2,1-3H3. The second-order valence-corrected chi connectivity index (χ2v) is 5.47. The van der Waals surface area contributed by atoms with E-state index in [0.717, 1.165) is 18.7 Å². The Morgan fingerprint density at radius 2 is 1.90 bits per heavy atom. The summed E-state index contributed by atoms with van der Waals surface area (Å²) in [4.78, 5) is 0. The normalized spacial score (nSPS) is 11.0. The summed E-state index contributed by atoms with van der Waals surface area (Å²) < 4.78 is 7.83. The highest BCUT2D eigenvalue weighted by molar-refractivity contribution is 5.83. The van der Waals surface area contributed by atoms with Gasteiger partial charge in [-0.2, -0.15) is 0 Å². The summed E-state index contributed by atoms with van der Waals surface area (Å²) in [6.45, 7) is 5.17. The molecule has 3 rings (SSSR count). The molecule has 0 unspecified atom stereocenters. The number of hydrogen-bond acceptors (Lipinski definition) is 1. The third kappa shape index (κ3) is 2.54. The van der Waals surface area contributed by atoms with Gasteiger partial charge in [0.2, 0.25) is 0 Å². The Bertz CT molecular complexity index is 770. The number of benzene rings is 2. The van der Waals surface area contributed by atoms with Crippen LogP contribution in [0.3, 0.4) is 0 Å². The number of hydrogen-bond donors (Lipinski definition) is 0. The Morgan fingerprint density at radius 3 is 2.67 bits per heavy atom. The molecular formula is C19H21NO. The lowest BCUT2D eigenvalue weighted by atomic mass is 10.1. The van der Waals surface area contributed by atoms with Gasteiger partial charge >= 0.3 is 0 Å². The topological polar surface area (TPSA) is 14.2 Å². The quantitative estimate of drug-likeness (QED) is 0.682. The summed E-state index contributed by atoms with van der Waals surface area (Å²) in [5.74, 6) is 0.955. The average molecular weight is 279 g/mol. The molecule has 0 fully saturated rings. The summed E-state index contributed by atoms with van der Waals surface area (Å²) in [6, 6.07) is 15.1. The van der Waals surface area contributed by atoms with E-state index in [1.807, 2.05) is 0 Å². The fourth-order valence-corrected chi connectivity index (χ4v) is 2.97. The van der Waals surface area contributed by atoms with E-state index in [1.165, 1.54) is 27.6 Å². The monoisotopic (exact) mass is 279 g/mol. The summed E-state index contributed by atoms with van der Waals surface area (Å²) in [5.41, 5.74) is 5.21. The van der Waals surface area contributed by atoms with Crippen LogP contribution in [0.15, 0.2) is 48.7 Å². The molecule has 108 valence electrons. The van der Waals surface area contributed by atoms with Crippen molar-refractivity contribution in [1.82, 2.24) is 4.57 Å². The minimum absolute atomic E-state index is 0.839. The number of fused-ring (bicyclic) bond motifs is 1. The highest BCUT2D eigenvalue weighted by atomic mass is 16.5. The molecule has 1 heterocycles. The van der Waals surface area contributed by atoms with Gasteiger partial charge in [0.25, 0.3) is 0 Å². The third-order valence-corrected chi connectivity index (χ3v) is 4.03. The van der Waals surface area contributed by atoms with Crippen LogP contribution in [0.25, 0.3) is 10.9 Å². The first-order valence-corrected chi connectivity index (χ1v) is 7.43. The maximum atomic E-state index is 5.50. The smallest absolute Gasteiger partial charge is 0.123 e. The SMILES string of the molecule is CCc1cccc2ccn(Cc3cc(C)ccc3OC)c12. The molecule has 0 aliphatic carbocycles. The Morgan fingerprint density at radius 1 is 1.05 bits per heavy atom. The maximum Gasteiger partial charge on any atom is 0.123 e. The Kier molecular flexibility index (Phi) is 3.70. The number of nitrogens with zero attached hydrogens (tertiary/aromatic N) is 1. The second-order valence-electron chi connectivity index (χ2n) is 5.47. The molecule has 0 radical (unpaired) electrons. The van der Waals surface area contributed by atoms with E-state index in [9.17, 15) is 0 Å². The highest BCUT2D eigenvalue weighted by Crippen LogP contribution is 2.25. The van der Waals surface area contributed by atoms with Gasteiger partial charge in [0.1, 0.15) is 5.75 Å². The van der Waals surface area contributed by atoms with Crippen LogP contribution in [0.5, 0.6) is 5.75 Å². The molecule has 3 aromatic rings. The maximum absolute atomic E-state index is 5.50. The molecule has 0 saturated heterocycles. The van der Waals surface area contributed by atoms with Gasteiger partial charge in [-0.15, -0.1) is 0 Å². The zero-order chi connectivity index (χ0) is 14.8. The largest absolute Gasteiger partial charge is 0.496 e. The fourth-order valence-electron chi connectivity index (χ4n) is 2.97. The molecule has 0 saturated carbocycles. The van der Waals surface area contributed by atoms with Crippen molar-refractivity contribution in [1.29, 1.82) is 0 Å². The van der Waals surface area contributed by atoms with E-state index < -0.39 is 0 Å². The van der Waals surface area contributed by atoms with Crippen LogP contribution < -0.4 is 4.74 Å². The number of methoxy groups -OCH3 is 1. The highest BCUT2D eigenvalue weighted by Gasteiger charge is 2.09. The van der Waals surface area contributed by atoms with Gasteiger partial charge < -0.3 is 9.30 Å². The van der Waals surface area contributed by atoms with Crippen molar-refractivity contribution in [2.24, 2.45) is 0 Å². The van der Waals surface area contributed by atoms with Gasteiger partial charge in [-0.3, -0.25) is 0 Å². The first-order chi connectivity index (χ1) is 10.2. The summed E-state index contributed by atoms with van der Waals surface area (Å²) in [5, 5.41) is 1.31. The predicted octanol–water partition coefficient (Wildman–Crippen LogP) is 4.57. The molecule has 0 atom stereocenters. The minimum atomic E-state index is 0.839. The Balaban J connectivity index is 2.08. The van der Waals surface area contributed by atoms with E-state index in [2.05, 4.69) is 67.1 Å². The molecule has 0 bridgehead atoms. The average Bonchev–Trinajstić information content (AvgIpc) is 2.91. The number of ether oxygens (including phenoxy) is 1. The Hall–Kier alpha value is -2.22. The van der Waals surface area contributed by atoms with Crippen molar-refractivity contribution in [3.8, 4) is 5.75 Å². The van der Waals surface area contributed by atoms with Crippen LogP contribution in [-0.2, 0) is 13.0 Å². The van der Waals surface area contributed by atoms with Gasteiger partial charge in [0.05, 0.1) is 19.2 Å². The molecular weight excluding hydrogens is 258 g/mol. The Labute approximate surface area is 126 Å². The van der Waals surface area contributed by atoms with E-state index in [4.69, 9.17) is 4.74 Å². The molecule has 0 aliphatic heterocycles. The van der Waals surface area contributed by atoms with E-state index in [1.54, 1.807) is 7.11 Å². The van der Waals surface area contributed by atoms with Crippen molar-refractivity contribution < 1.29 is 4.74 Å². The molecule has 1 aromatic heterocycles. The predicted molar refractivity (Wildman–Crippen MR) is 88.1 cm³/mol. The number of para-hydroxylation sites is 1.